The zero-order valence-corrected chi connectivity index (χ0v) is 31.4. The molecule has 3 N–H and O–H groups in total. The first kappa shape index (κ1) is 43.2. The first-order valence-corrected chi connectivity index (χ1v) is 18.2. The maximum atomic E-state index is 12.9. The molecule has 2 aromatic rings. The maximum Gasteiger partial charge on any atom is 0.471 e. The largest absolute Gasteiger partial charge is 0.471 e. The van der Waals surface area contributed by atoms with Gasteiger partial charge in [-0.2, -0.15) is 26.3 Å². The first-order chi connectivity index (χ1) is 23.8. The minimum Gasteiger partial charge on any atom is -0.329 e. The van der Waals surface area contributed by atoms with Gasteiger partial charge in [0.05, 0.1) is 15.7 Å². The van der Waals surface area contributed by atoms with Crippen LogP contribution in [0.1, 0.15) is 110 Å². The highest BCUT2D eigenvalue weighted by Gasteiger charge is 2.52. The Hall–Kier alpha value is -3.25. The Morgan fingerprint density at radius 2 is 1.17 bits per heavy atom. The van der Waals surface area contributed by atoms with Crippen molar-refractivity contribution in [1.82, 2.24) is 34.5 Å². The van der Waals surface area contributed by atoms with Gasteiger partial charge in [-0.1, -0.05) is 0 Å². The van der Waals surface area contributed by atoms with Crippen LogP contribution in [-0.4, -0.2) is 87.0 Å². The molecule has 11 nitrogen and oxygen atoms in total. The van der Waals surface area contributed by atoms with Gasteiger partial charge < -0.3 is 15.5 Å². The van der Waals surface area contributed by atoms with Gasteiger partial charge in [0.1, 0.15) is 12.7 Å². The molecule has 0 spiro atoms. The van der Waals surface area contributed by atoms with E-state index >= 15 is 0 Å². The quantitative estimate of drug-likeness (QED) is 0.281. The number of nitrogens with two attached hydrogens (primary N) is 1. The predicted octanol–water partition coefficient (Wildman–Crippen LogP) is 5.99. The number of aromatic nitrogens is 4. The van der Waals surface area contributed by atoms with Crippen LogP contribution >= 0.6 is 0 Å². The maximum absolute atomic E-state index is 12.9. The molecule has 4 rings (SSSR count). The van der Waals surface area contributed by atoms with E-state index in [-0.39, 0.29) is 37.0 Å². The second kappa shape index (κ2) is 16.8. The SMILES string of the molecule is CC1(C)C[C@H](CCC(N)c2cncnc2)CN1C(=O)C(F)(F)F.CC1(C)C[C@H](CCC(NS(=O)C(C)(C)C)c2cncnc2)CN1C(=O)C(F)(F)F. The van der Waals surface area contributed by atoms with E-state index in [1.54, 1.807) is 52.5 Å². The van der Waals surface area contributed by atoms with Gasteiger partial charge in [-0.25, -0.2) is 28.9 Å². The summed E-state index contributed by atoms with van der Waals surface area (Å²) < 4.78 is 92.0. The van der Waals surface area contributed by atoms with E-state index in [0.717, 1.165) is 20.9 Å². The monoisotopic (exact) mass is 764 g/mol. The van der Waals surface area contributed by atoms with Crippen molar-refractivity contribution < 1.29 is 40.1 Å². The molecule has 0 saturated carbocycles. The van der Waals surface area contributed by atoms with Gasteiger partial charge in [0, 0.05) is 72.2 Å². The minimum atomic E-state index is -4.87. The third-order valence-corrected chi connectivity index (χ3v) is 11.1. The Morgan fingerprint density at radius 3 is 1.56 bits per heavy atom. The molecule has 292 valence electrons. The number of hydrogen-bond donors (Lipinski definition) is 2. The molecule has 0 aliphatic carbocycles. The summed E-state index contributed by atoms with van der Waals surface area (Å²) in [5.41, 5.74) is 5.98. The van der Waals surface area contributed by atoms with Crippen LogP contribution in [0.5, 0.6) is 0 Å². The first-order valence-electron chi connectivity index (χ1n) is 17.0. The van der Waals surface area contributed by atoms with Gasteiger partial charge in [0.2, 0.25) is 0 Å². The van der Waals surface area contributed by atoms with Crippen molar-refractivity contribution in [2.24, 2.45) is 17.6 Å². The molecule has 18 heteroatoms. The highest BCUT2D eigenvalue weighted by molar-refractivity contribution is 7.84. The van der Waals surface area contributed by atoms with Crippen LogP contribution in [0.25, 0.3) is 0 Å². The number of nitrogens with zero attached hydrogens (tertiary/aromatic N) is 6. The molecule has 2 aromatic heterocycles. The van der Waals surface area contributed by atoms with E-state index in [9.17, 15) is 40.1 Å². The molecule has 0 radical (unpaired) electrons. The van der Waals surface area contributed by atoms with Crippen LogP contribution in [0, 0.1) is 11.8 Å². The standard InChI is InChI=1S/C19H29F3N4O2S.C15H21F3N4O/c1-17(2,3)29(28)25-15(14-9-23-12-24-10-14)7-6-13-8-18(4,5)26(11-13)16(27)19(20,21)22;1-14(2)5-10(8-22(14)13(23)15(16,17)18)3-4-12(19)11-6-20-9-21-7-11/h9-10,12-13,15,25H,6-8,11H2,1-5H3;6-7,9-10,12H,3-5,8,19H2,1-2H3/t13-,15?,29?;10-,12?/m00/s1. The Labute approximate surface area is 303 Å². The minimum absolute atomic E-state index is 0.00646. The van der Waals surface area contributed by atoms with Crippen molar-refractivity contribution in [2.45, 2.75) is 127 Å². The summed E-state index contributed by atoms with van der Waals surface area (Å²) in [7, 11) is -1.33. The number of alkyl halides is 6. The molecule has 5 atom stereocenters. The molecular weight excluding hydrogens is 714 g/mol. The van der Waals surface area contributed by atoms with E-state index in [1.165, 1.54) is 12.7 Å². The van der Waals surface area contributed by atoms with E-state index in [1.807, 2.05) is 20.8 Å². The van der Waals surface area contributed by atoms with Crippen molar-refractivity contribution in [3.8, 4) is 0 Å². The van der Waals surface area contributed by atoms with Gasteiger partial charge in [-0.15, -0.1) is 0 Å². The number of amides is 2. The summed E-state index contributed by atoms with van der Waals surface area (Å²) in [5, 5.41) is 0. The number of hydrogen-bond acceptors (Lipinski definition) is 8. The topological polar surface area (TPSA) is 147 Å². The third kappa shape index (κ3) is 11.9. The lowest BCUT2D eigenvalue weighted by molar-refractivity contribution is -0.188. The molecule has 2 fully saturated rings. The molecule has 4 heterocycles. The second-order valence-corrected chi connectivity index (χ2v) is 17.7. The molecule has 0 aromatic carbocycles. The molecule has 2 aliphatic rings. The Bertz CT molecular complexity index is 1510. The summed E-state index contributed by atoms with van der Waals surface area (Å²) in [4.78, 5) is 41.0. The van der Waals surface area contributed by atoms with Gasteiger partial charge in [0.25, 0.3) is 0 Å². The van der Waals surface area contributed by atoms with Crippen molar-refractivity contribution in [3.63, 3.8) is 0 Å². The van der Waals surface area contributed by atoms with Crippen LogP contribution < -0.4 is 10.5 Å². The highest BCUT2D eigenvalue weighted by atomic mass is 32.2. The zero-order chi connectivity index (χ0) is 39.3. The highest BCUT2D eigenvalue weighted by Crippen LogP contribution is 2.40. The van der Waals surface area contributed by atoms with Crippen molar-refractivity contribution in [3.05, 3.63) is 48.6 Å². The fourth-order valence-electron chi connectivity index (χ4n) is 6.76. The molecule has 2 amide bonds. The van der Waals surface area contributed by atoms with E-state index in [0.29, 0.717) is 38.5 Å². The molecule has 52 heavy (non-hydrogen) atoms. The van der Waals surface area contributed by atoms with Crippen LogP contribution in [-0.2, 0) is 20.6 Å². The molecule has 3 unspecified atom stereocenters. The summed E-state index contributed by atoms with van der Waals surface area (Å²) in [6, 6.07) is -0.557. The van der Waals surface area contributed by atoms with Crippen molar-refractivity contribution in [1.29, 1.82) is 0 Å². The molecular formula is C34H50F6N8O3S. The Balaban J connectivity index is 0.000000288. The summed E-state index contributed by atoms with van der Waals surface area (Å²) in [6.45, 7) is 12.4. The smallest absolute Gasteiger partial charge is 0.329 e. The van der Waals surface area contributed by atoms with Gasteiger partial charge >= 0.3 is 24.2 Å². The summed E-state index contributed by atoms with van der Waals surface area (Å²) in [5.74, 6) is -3.61. The van der Waals surface area contributed by atoms with Crippen LogP contribution in [0.3, 0.4) is 0 Å². The van der Waals surface area contributed by atoms with Crippen molar-refractivity contribution in [2.75, 3.05) is 13.1 Å². The zero-order valence-electron chi connectivity index (χ0n) is 30.6. The normalized spacial score (nSPS) is 22.0. The molecule has 2 saturated heterocycles. The Kier molecular flexibility index (Phi) is 14.0. The number of halogens is 6. The lowest BCUT2D eigenvalue weighted by Gasteiger charge is -2.31. The Morgan fingerprint density at radius 1 is 0.788 bits per heavy atom. The van der Waals surface area contributed by atoms with Gasteiger partial charge in [0.15, 0.2) is 0 Å². The third-order valence-electron chi connectivity index (χ3n) is 9.44. The van der Waals surface area contributed by atoms with E-state index in [2.05, 4.69) is 24.7 Å². The number of nitrogens with one attached hydrogen (secondary N) is 1. The van der Waals surface area contributed by atoms with Crippen LogP contribution in [0.15, 0.2) is 37.4 Å². The number of rotatable bonds is 10. The van der Waals surface area contributed by atoms with Crippen LogP contribution in [0.2, 0.25) is 0 Å². The average Bonchev–Trinajstić information content (AvgIpc) is 3.53. The van der Waals surface area contributed by atoms with E-state index < -0.39 is 51.0 Å². The lowest BCUT2D eigenvalue weighted by Crippen LogP contribution is -2.48. The molecule has 0 bridgehead atoms. The second-order valence-electron chi connectivity index (χ2n) is 15.7. The van der Waals surface area contributed by atoms with Gasteiger partial charge in [-0.3, -0.25) is 9.59 Å². The molecule has 2 aliphatic heterocycles. The lowest BCUT2D eigenvalue weighted by atomic mass is 9.91. The van der Waals surface area contributed by atoms with Crippen LogP contribution in [0.4, 0.5) is 26.3 Å². The average molecular weight is 765 g/mol. The summed E-state index contributed by atoms with van der Waals surface area (Å²) in [6.07, 6.45) is 3.08. The van der Waals surface area contributed by atoms with E-state index in [4.69, 9.17) is 5.73 Å². The fraction of sp³-hybridized carbons (Fsp3) is 0.706. The number of carbonyl (C=O) groups is 2. The number of likely N-dealkylation sites (tertiary alicyclic amines) is 2. The number of carbonyl (C=O) groups excluding carboxylic acids is 2. The fourth-order valence-corrected chi connectivity index (χ4v) is 7.62. The van der Waals surface area contributed by atoms with Gasteiger partial charge in [-0.05, 0) is 98.8 Å². The van der Waals surface area contributed by atoms with Crippen molar-refractivity contribution >= 4 is 22.8 Å². The predicted molar refractivity (Wildman–Crippen MR) is 183 cm³/mol. The summed E-state index contributed by atoms with van der Waals surface area (Å²) >= 11 is 0.